The van der Waals surface area contributed by atoms with Gasteiger partial charge in [0.15, 0.2) is 0 Å². The van der Waals surface area contributed by atoms with Crippen LogP contribution >= 0.6 is 0 Å². The summed E-state index contributed by atoms with van der Waals surface area (Å²) in [4.78, 5) is 3.80. The van der Waals surface area contributed by atoms with Crippen molar-refractivity contribution < 1.29 is 0 Å². The summed E-state index contributed by atoms with van der Waals surface area (Å²) in [6, 6.07) is 80.2. The van der Waals surface area contributed by atoms with Crippen LogP contribution in [-0.2, 0) is 0 Å². The lowest BCUT2D eigenvalue weighted by Crippen LogP contribution is -1.99. The van der Waals surface area contributed by atoms with Crippen molar-refractivity contribution in [1.82, 2.24) is 23.3 Å². The molecule has 0 aliphatic rings. The van der Waals surface area contributed by atoms with Crippen LogP contribution in [0.3, 0.4) is 0 Å². The minimum atomic E-state index is 1.11. The second-order valence-electron chi connectivity index (χ2n) is 17.4. The molecule has 15 aromatic rings. The zero-order valence-electron chi connectivity index (χ0n) is 35.1. The third-order valence-electron chi connectivity index (χ3n) is 14.1. The smallest absolute Gasteiger partial charge is 0.0709 e. The third kappa shape index (κ3) is 4.65. The summed E-state index contributed by atoms with van der Waals surface area (Å²) in [7, 11) is 0. The number of rotatable bonds is 4. The fourth-order valence-electron chi connectivity index (χ4n) is 11.4. The first kappa shape index (κ1) is 34.7. The Morgan fingerprint density at radius 1 is 0.262 bits per heavy atom. The van der Waals surface area contributed by atoms with Crippen LogP contribution in [0.2, 0.25) is 0 Å². The second kappa shape index (κ2) is 12.9. The Morgan fingerprint density at radius 2 is 0.769 bits per heavy atom. The number of H-pyrrole nitrogens is 1. The first-order valence-electron chi connectivity index (χ1n) is 22.4. The van der Waals surface area contributed by atoms with Crippen LogP contribution in [0.15, 0.2) is 218 Å². The quantitative estimate of drug-likeness (QED) is 0.183. The molecule has 5 aromatic heterocycles. The summed E-state index contributed by atoms with van der Waals surface area (Å²) >= 11 is 0. The van der Waals surface area contributed by atoms with Crippen molar-refractivity contribution in [3.63, 3.8) is 0 Å². The maximum atomic E-state index is 3.80. The Kier molecular flexibility index (Phi) is 6.89. The van der Waals surface area contributed by atoms with Gasteiger partial charge in [-0.1, -0.05) is 133 Å². The summed E-state index contributed by atoms with van der Waals surface area (Å²) in [5.74, 6) is 0. The number of fused-ring (bicyclic) bond motifs is 16. The minimum absolute atomic E-state index is 1.11. The van der Waals surface area contributed by atoms with E-state index in [-0.39, 0.29) is 0 Å². The van der Waals surface area contributed by atoms with E-state index in [0.29, 0.717) is 0 Å². The Hall–Kier alpha value is -8.80. The Morgan fingerprint density at radius 3 is 1.49 bits per heavy atom. The highest BCUT2D eigenvalue weighted by molar-refractivity contribution is 6.26. The van der Waals surface area contributed by atoms with Crippen molar-refractivity contribution in [2.24, 2.45) is 0 Å². The number of nitrogens with zero attached hydrogens (tertiary/aromatic N) is 4. The molecule has 5 heteroatoms. The van der Waals surface area contributed by atoms with Crippen LogP contribution in [0.25, 0.3) is 132 Å². The summed E-state index contributed by atoms with van der Waals surface area (Å²) in [6.45, 7) is 0. The van der Waals surface area contributed by atoms with Gasteiger partial charge in [-0.3, -0.25) is 0 Å². The van der Waals surface area contributed by atoms with Crippen molar-refractivity contribution in [1.29, 1.82) is 0 Å². The topological polar surface area (TPSA) is 35.5 Å². The highest BCUT2D eigenvalue weighted by Gasteiger charge is 2.23. The normalized spacial score (nSPS) is 12.3. The van der Waals surface area contributed by atoms with Crippen molar-refractivity contribution >= 4 is 109 Å². The number of hydrogen-bond donors (Lipinski definition) is 1. The highest BCUT2D eigenvalue weighted by atomic mass is 15.0. The van der Waals surface area contributed by atoms with E-state index in [9.17, 15) is 0 Å². The number of nitrogens with one attached hydrogen (secondary N) is 1. The highest BCUT2D eigenvalue weighted by Crippen LogP contribution is 2.44. The molecule has 302 valence electrons. The zero-order valence-corrected chi connectivity index (χ0v) is 35.1. The van der Waals surface area contributed by atoms with Crippen molar-refractivity contribution in [2.75, 3.05) is 0 Å². The first-order valence-corrected chi connectivity index (χ1v) is 22.4. The van der Waals surface area contributed by atoms with Crippen LogP contribution in [0.5, 0.6) is 0 Å². The molecule has 65 heavy (non-hydrogen) atoms. The Labute approximate surface area is 371 Å². The van der Waals surface area contributed by atoms with Gasteiger partial charge in [0.2, 0.25) is 0 Å². The van der Waals surface area contributed by atoms with Gasteiger partial charge in [-0.05, 0) is 84.9 Å². The molecule has 0 radical (unpaired) electrons. The third-order valence-corrected chi connectivity index (χ3v) is 14.1. The molecule has 0 bridgehead atoms. The predicted octanol–water partition coefficient (Wildman–Crippen LogP) is 15.7. The largest absolute Gasteiger partial charge is 0.353 e. The molecule has 1 N–H and O–H groups in total. The molecule has 0 amide bonds. The number of aromatic nitrogens is 5. The van der Waals surface area contributed by atoms with Crippen molar-refractivity contribution in [2.45, 2.75) is 0 Å². The lowest BCUT2D eigenvalue weighted by Gasteiger charge is -2.14. The van der Waals surface area contributed by atoms with Gasteiger partial charge in [-0.25, -0.2) is 0 Å². The van der Waals surface area contributed by atoms with E-state index >= 15 is 0 Å². The molecule has 0 aliphatic carbocycles. The average Bonchev–Trinajstić information content (AvgIpc) is 4.16. The van der Waals surface area contributed by atoms with Crippen LogP contribution in [0, 0.1) is 0 Å². The van der Waals surface area contributed by atoms with Gasteiger partial charge in [-0.15, -0.1) is 0 Å². The number of para-hydroxylation sites is 7. The molecule has 0 saturated heterocycles. The SMILES string of the molecule is c1ccc(-n2c3ccccc3c3ccc4c(c5ccccc5n4-c4cccc(-n5c6ccccc6c6cc7c8ccccc8n(-c8cccc9c8[nH]c8ccccc89)c7cc65)c4)c32)cc1. The molecule has 0 fully saturated rings. The van der Waals surface area contributed by atoms with E-state index in [1.807, 2.05) is 0 Å². The summed E-state index contributed by atoms with van der Waals surface area (Å²) in [5.41, 5.74) is 16.3. The molecule has 0 spiro atoms. The van der Waals surface area contributed by atoms with Gasteiger partial charge in [-0.2, -0.15) is 0 Å². The van der Waals surface area contributed by atoms with Crippen LogP contribution in [-0.4, -0.2) is 23.3 Å². The van der Waals surface area contributed by atoms with Crippen molar-refractivity contribution in [3.8, 4) is 22.7 Å². The lowest BCUT2D eigenvalue weighted by atomic mass is 10.1. The van der Waals surface area contributed by atoms with Gasteiger partial charge in [0.05, 0.1) is 55.3 Å². The molecule has 15 rings (SSSR count). The van der Waals surface area contributed by atoms with E-state index in [1.54, 1.807) is 0 Å². The Bertz CT molecular complexity index is 4470. The van der Waals surface area contributed by atoms with E-state index in [4.69, 9.17) is 0 Å². The second-order valence-corrected chi connectivity index (χ2v) is 17.4. The molecular weight excluding hydrogens is 791 g/mol. The van der Waals surface area contributed by atoms with E-state index < -0.39 is 0 Å². The number of hydrogen-bond acceptors (Lipinski definition) is 0. The van der Waals surface area contributed by atoms with Crippen LogP contribution in [0.4, 0.5) is 0 Å². The van der Waals surface area contributed by atoms with E-state index in [2.05, 4.69) is 242 Å². The summed E-state index contributed by atoms with van der Waals surface area (Å²) in [6.07, 6.45) is 0. The van der Waals surface area contributed by atoms with E-state index in [0.717, 1.165) is 33.8 Å². The molecule has 0 aliphatic heterocycles. The fourth-order valence-corrected chi connectivity index (χ4v) is 11.4. The van der Waals surface area contributed by atoms with Crippen molar-refractivity contribution in [3.05, 3.63) is 218 Å². The molecule has 5 heterocycles. The predicted molar refractivity (Wildman–Crippen MR) is 273 cm³/mol. The van der Waals surface area contributed by atoms with Gasteiger partial charge in [0.1, 0.15) is 0 Å². The molecule has 10 aromatic carbocycles. The van der Waals surface area contributed by atoms with Crippen LogP contribution < -0.4 is 0 Å². The maximum Gasteiger partial charge on any atom is 0.0709 e. The number of aromatic amines is 1. The fraction of sp³-hybridized carbons (Fsp3) is 0. The van der Waals surface area contributed by atoms with Gasteiger partial charge >= 0.3 is 0 Å². The zero-order chi connectivity index (χ0) is 42.3. The maximum absolute atomic E-state index is 3.80. The molecule has 5 nitrogen and oxygen atoms in total. The molecule has 0 unspecified atom stereocenters. The summed E-state index contributed by atoms with van der Waals surface area (Å²) in [5, 5.41) is 12.4. The average molecular weight is 828 g/mol. The van der Waals surface area contributed by atoms with E-state index in [1.165, 1.54) is 98.0 Å². The minimum Gasteiger partial charge on any atom is -0.353 e. The molecule has 0 saturated carbocycles. The van der Waals surface area contributed by atoms with Gasteiger partial charge < -0.3 is 23.3 Å². The standard InChI is InChI=1S/C60H37N5/c1-2-16-37(17-3-1)64-51-28-11-5-21-41(51)45-32-33-54-58(60(45)64)46-24-8-13-30-53(46)62(54)38-18-14-19-39(34-38)63-50-27-10-6-22-42(50)47-35-48-43-23-7-12-29-52(43)65(57(48)36-56(47)63)55-31-15-25-44-40-20-4-9-26-49(40)61-59(44)55/h1-36,61H. The monoisotopic (exact) mass is 827 g/mol. The molecular formula is C60H37N5. The van der Waals surface area contributed by atoms with Crippen LogP contribution in [0.1, 0.15) is 0 Å². The first-order chi connectivity index (χ1) is 32.3. The molecule has 0 atom stereocenters. The summed E-state index contributed by atoms with van der Waals surface area (Å²) < 4.78 is 9.86. The van der Waals surface area contributed by atoms with Gasteiger partial charge in [0, 0.05) is 76.4 Å². The number of benzene rings is 10. The Balaban J connectivity index is 1.01. The van der Waals surface area contributed by atoms with Gasteiger partial charge in [0.25, 0.3) is 0 Å². The lowest BCUT2D eigenvalue weighted by molar-refractivity contribution is 1.13.